The van der Waals surface area contributed by atoms with Gasteiger partial charge in [-0.3, -0.25) is 9.59 Å². The van der Waals surface area contributed by atoms with E-state index in [9.17, 15) is 22.8 Å². The van der Waals surface area contributed by atoms with Gasteiger partial charge in [0.1, 0.15) is 0 Å². The number of carbonyl (C=O) groups is 2. The van der Waals surface area contributed by atoms with E-state index in [0.29, 0.717) is 31.5 Å². The smallest absolute Gasteiger partial charge is 0.348 e. The monoisotopic (exact) mass is 392 g/mol. The number of alkyl halides is 3. The molecule has 0 spiro atoms. The van der Waals surface area contributed by atoms with Crippen LogP contribution in [0.3, 0.4) is 0 Å². The summed E-state index contributed by atoms with van der Waals surface area (Å²) in [7, 11) is 0. The number of nitrogens with zero attached hydrogens (tertiary/aromatic N) is 1. The lowest BCUT2D eigenvalue weighted by molar-refractivity contribution is -0.173. The molecule has 0 saturated carbocycles. The first kappa shape index (κ1) is 17.8. The fraction of sp³-hybridized carbons (Fsp3) is 0.467. The summed E-state index contributed by atoms with van der Waals surface area (Å²) in [6.07, 6.45) is -3.71. The van der Waals surface area contributed by atoms with Gasteiger partial charge in [0.15, 0.2) is 0 Å². The molecule has 1 N–H and O–H groups in total. The van der Waals surface area contributed by atoms with Crippen molar-refractivity contribution in [3.05, 3.63) is 34.3 Å². The van der Waals surface area contributed by atoms with Crippen molar-refractivity contribution in [3.63, 3.8) is 0 Å². The van der Waals surface area contributed by atoms with Crippen molar-refractivity contribution in [1.29, 1.82) is 0 Å². The molecular weight excluding hydrogens is 377 g/mol. The maximum atomic E-state index is 12.3. The number of amides is 2. The van der Waals surface area contributed by atoms with Crippen LogP contribution in [0.15, 0.2) is 28.7 Å². The third-order valence-electron chi connectivity index (χ3n) is 3.80. The Balaban J connectivity index is 1.81. The van der Waals surface area contributed by atoms with Gasteiger partial charge < -0.3 is 10.2 Å². The zero-order valence-corrected chi connectivity index (χ0v) is 13.8. The summed E-state index contributed by atoms with van der Waals surface area (Å²) < 4.78 is 37.2. The average Bonchev–Trinajstić information content (AvgIpc) is 2.52. The topological polar surface area (TPSA) is 49.4 Å². The molecule has 1 heterocycles. The van der Waals surface area contributed by atoms with E-state index in [1.54, 1.807) is 29.2 Å². The molecule has 2 amide bonds. The van der Waals surface area contributed by atoms with Gasteiger partial charge in [-0.1, -0.05) is 15.9 Å². The van der Waals surface area contributed by atoms with E-state index in [1.807, 2.05) is 5.32 Å². The predicted octanol–water partition coefficient (Wildman–Crippen LogP) is 2.98. The lowest BCUT2D eigenvalue weighted by Gasteiger charge is -2.32. The lowest BCUT2D eigenvalue weighted by Crippen LogP contribution is -2.44. The first-order chi connectivity index (χ1) is 10.8. The van der Waals surface area contributed by atoms with Gasteiger partial charge in [0, 0.05) is 29.7 Å². The average molecular weight is 393 g/mol. The van der Waals surface area contributed by atoms with Gasteiger partial charge >= 0.3 is 12.1 Å². The number of nitrogens with one attached hydrogen (secondary N) is 1. The molecule has 0 atom stereocenters. The van der Waals surface area contributed by atoms with Crippen molar-refractivity contribution < 1.29 is 22.8 Å². The van der Waals surface area contributed by atoms with Crippen molar-refractivity contribution in [2.24, 2.45) is 5.92 Å². The van der Waals surface area contributed by atoms with Crippen LogP contribution in [0, 0.1) is 5.92 Å². The molecule has 23 heavy (non-hydrogen) atoms. The van der Waals surface area contributed by atoms with E-state index >= 15 is 0 Å². The lowest BCUT2D eigenvalue weighted by atomic mass is 9.96. The summed E-state index contributed by atoms with van der Waals surface area (Å²) in [5.41, 5.74) is 0.581. The van der Waals surface area contributed by atoms with Crippen LogP contribution >= 0.6 is 15.9 Å². The molecule has 8 heteroatoms. The highest BCUT2D eigenvalue weighted by Gasteiger charge is 2.38. The maximum Gasteiger partial charge on any atom is 0.471 e. The number of carbonyl (C=O) groups excluding carboxylic acids is 2. The standard InChI is InChI=1S/C15H16BrF3N2O2/c16-12-3-1-11(2-4-12)13(22)21-7-5-10(6-8-21)9-20-14(23)15(17,18)19/h1-4,10H,5-9H2,(H,20,23). The van der Waals surface area contributed by atoms with Crippen LogP contribution < -0.4 is 5.32 Å². The van der Waals surface area contributed by atoms with Crippen LogP contribution in [0.1, 0.15) is 23.2 Å². The third kappa shape index (κ3) is 4.95. The van der Waals surface area contributed by atoms with E-state index in [-0.39, 0.29) is 18.4 Å². The highest BCUT2D eigenvalue weighted by molar-refractivity contribution is 9.10. The molecule has 0 aromatic heterocycles. The molecule has 126 valence electrons. The predicted molar refractivity (Wildman–Crippen MR) is 81.8 cm³/mol. The molecular formula is C15H16BrF3N2O2. The zero-order valence-electron chi connectivity index (χ0n) is 12.2. The molecule has 4 nitrogen and oxygen atoms in total. The van der Waals surface area contributed by atoms with Crippen molar-refractivity contribution in [2.45, 2.75) is 19.0 Å². The number of benzene rings is 1. The van der Waals surface area contributed by atoms with Gasteiger partial charge in [0.05, 0.1) is 0 Å². The quantitative estimate of drug-likeness (QED) is 0.859. The van der Waals surface area contributed by atoms with Crippen LogP contribution in [-0.2, 0) is 4.79 Å². The molecule has 1 saturated heterocycles. The Morgan fingerprint density at radius 1 is 1.17 bits per heavy atom. The van der Waals surface area contributed by atoms with Crippen LogP contribution in [0.4, 0.5) is 13.2 Å². The molecule has 2 rings (SSSR count). The maximum absolute atomic E-state index is 12.3. The molecule has 0 unspecified atom stereocenters. The van der Waals surface area contributed by atoms with Crippen LogP contribution in [0.2, 0.25) is 0 Å². The fourth-order valence-corrected chi connectivity index (χ4v) is 2.72. The summed E-state index contributed by atoms with van der Waals surface area (Å²) in [5.74, 6) is -2.04. The molecule has 1 fully saturated rings. The summed E-state index contributed by atoms with van der Waals surface area (Å²) >= 11 is 3.30. The van der Waals surface area contributed by atoms with Gasteiger partial charge in [0.25, 0.3) is 5.91 Å². The Morgan fingerprint density at radius 3 is 2.26 bits per heavy atom. The minimum Gasteiger partial charge on any atom is -0.348 e. The number of piperidine rings is 1. The number of rotatable bonds is 3. The second-order valence-electron chi connectivity index (χ2n) is 5.45. The fourth-order valence-electron chi connectivity index (χ4n) is 2.45. The normalized spacial score (nSPS) is 16.3. The van der Waals surface area contributed by atoms with E-state index in [0.717, 1.165) is 4.47 Å². The van der Waals surface area contributed by atoms with Gasteiger partial charge in [-0.05, 0) is 43.0 Å². The summed E-state index contributed by atoms with van der Waals surface area (Å²) in [6.45, 7) is 0.932. The van der Waals surface area contributed by atoms with Crippen molar-refractivity contribution in [3.8, 4) is 0 Å². The minimum atomic E-state index is -4.85. The molecule has 1 aromatic rings. The Bertz CT molecular complexity index is 567. The SMILES string of the molecule is O=C(c1ccc(Br)cc1)N1CCC(CNC(=O)C(F)(F)F)CC1. The highest BCUT2D eigenvalue weighted by atomic mass is 79.9. The van der Waals surface area contributed by atoms with Gasteiger partial charge in [-0.15, -0.1) is 0 Å². The first-order valence-corrected chi connectivity index (χ1v) is 7.96. The van der Waals surface area contributed by atoms with Crippen molar-refractivity contribution in [1.82, 2.24) is 10.2 Å². The van der Waals surface area contributed by atoms with Gasteiger partial charge in [-0.2, -0.15) is 13.2 Å². The van der Waals surface area contributed by atoms with Crippen molar-refractivity contribution >= 4 is 27.7 Å². The number of hydrogen-bond acceptors (Lipinski definition) is 2. The Labute approximate surface area is 140 Å². The Morgan fingerprint density at radius 2 is 1.74 bits per heavy atom. The van der Waals surface area contributed by atoms with Crippen LogP contribution in [-0.4, -0.2) is 42.5 Å². The van der Waals surface area contributed by atoms with E-state index in [1.165, 1.54) is 0 Å². The van der Waals surface area contributed by atoms with E-state index < -0.39 is 12.1 Å². The zero-order chi connectivity index (χ0) is 17.0. The van der Waals surface area contributed by atoms with Gasteiger partial charge in [-0.25, -0.2) is 0 Å². The van der Waals surface area contributed by atoms with Crippen LogP contribution in [0.5, 0.6) is 0 Å². The Hall–Kier alpha value is -1.57. The molecule has 0 radical (unpaired) electrons. The highest BCUT2D eigenvalue weighted by Crippen LogP contribution is 2.20. The number of halogens is 4. The minimum absolute atomic E-state index is 0.0152. The Kier molecular flexibility index (Phi) is 5.67. The molecule has 0 aliphatic carbocycles. The largest absolute Gasteiger partial charge is 0.471 e. The van der Waals surface area contributed by atoms with E-state index in [2.05, 4.69) is 15.9 Å². The van der Waals surface area contributed by atoms with Crippen molar-refractivity contribution in [2.75, 3.05) is 19.6 Å². The molecule has 1 aromatic carbocycles. The number of likely N-dealkylation sites (tertiary alicyclic amines) is 1. The second kappa shape index (κ2) is 7.33. The number of hydrogen-bond donors (Lipinski definition) is 1. The molecule has 0 bridgehead atoms. The summed E-state index contributed by atoms with van der Waals surface area (Å²) in [5, 5.41) is 1.90. The van der Waals surface area contributed by atoms with Gasteiger partial charge in [0.2, 0.25) is 0 Å². The first-order valence-electron chi connectivity index (χ1n) is 7.17. The van der Waals surface area contributed by atoms with E-state index in [4.69, 9.17) is 0 Å². The molecule has 1 aliphatic heterocycles. The van der Waals surface area contributed by atoms with Crippen LogP contribution in [0.25, 0.3) is 0 Å². The summed E-state index contributed by atoms with van der Waals surface area (Å²) in [6, 6.07) is 7.02. The summed E-state index contributed by atoms with van der Waals surface area (Å²) in [4.78, 5) is 24.8. The second-order valence-corrected chi connectivity index (χ2v) is 6.37. The molecule has 1 aliphatic rings. The third-order valence-corrected chi connectivity index (χ3v) is 4.33.